The SMILES string of the molecule is CNC(CC1CC1)c1cnc2ccsc2c1. The maximum Gasteiger partial charge on any atom is 0.0809 e. The Morgan fingerprint density at radius 3 is 3.19 bits per heavy atom. The van der Waals surface area contributed by atoms with Crippen LogP contribution in [0.5, 0.6) is 0 Å². The molecule has 1 aliphatic carbocycles. The van der Waals surface area contributed by atoms with Crippen molar-refractivity contribution in [2.75, 3.05) is 7.05 Å². The summed E-state index contributed by atoms with van der Waals surface area (Å²) in [4.78, 5) is 4.51. The van der Waals surface area contributed by atoms with Crippen LogP contribution in [0.1, 0.15) is 30.9 Å². The van der Waals surface area contributed by atoms with Gasteiger partial charge in [0.05, 0.1) is 10.2 Å². The van der Waals surface area contributed by atoms with Crippen LogP contribution in [0, 0.1) is 5.92 Å². The van der Waals surface area contributed by atoms with E-state index in [0.29, 0.717) is 6.04 Å². The summed E-state index contributed by atoms with van der Waals surface area (Å²) in [6.07, 6.45) is 6.10. The fourth-order valence-corrected chi connectivity index (χ4v) is 2.95. The molecule has 0 saturated heterocycles. The van der Waals surface area contributed by atoms with Crippen LogP contribution in [0.15, 0.2) is 23.7 Å². The molecule has 1 N–H and O–H groups in total. The standard InChI is InChI=1S/C13H16N2S/c1-14-12(6-9-2-3-9)10-7-13-11(15-8-10)4-5-16-13/h4-5,7-9,12,14H,2-3,6H2,1H3. The van der Waals surface area contributed by atoms with Crippen molar-refractivity contribution in [3.05, 3.63) is 29.3 Å². The summed E-state index contributed by atoms with van der Waals surface area (Å²) in [7, 11) is 2.05. The molecule has 1 fully saturated rings. The van der Waals surface area contributed by atoms with Gasteiger partial charge in [-0.3, -0.25) is 4.98 Å². The Labute approximate surface area is 99.7 Å². The molecule has 0 aromatic carbocycles. The molecule has 0 bridgehead atoms. The first-order valence-corrected chi connectivity index (χ1v) is 6.75. The second kappa shape index (κ2) is 4.15. The van der Waals surface area contributed by atoms with Crippen LogP contribution in [-0.4, -0.2) is 12.0 Å². The van der Waals surface area contributed by atoms with Gasteiger partial charge in [-0.15, -0.1) is 11.3 Å². The van der Waals surface area contributed by atoms with Gasteiger partial charge in [0.25, 0.3) is 0 Å². The fourth-order valence-electron chi connectivity index (χ4n) is 2.16. The number of nitrogens with zero attached hydrogens (tertiary/aromatic N) is 1. The Bertz CT molecular complexity index is 487. The van der Waals surface area contributed by atoms with Crippen molar-refractivity contribution in [3.63, 3.8) is 0 Å². The van der Waals surface area contributed by atoms with Crippen molar-refractivity contribution >= 4 is 21.6 Å². The molecule has 16 heavy (non-hydrogen) atoms. The zero-order valence-corrected chi connectivity index (χ0v) is 10.3. The highest BCUT2D eigenvalue weighted by molar-refractivity contribution is 7.17. The van der Waals surface area contributed by atoms with Gasteiger partial charge in [0.15, 0.2) is 0 Å². The summed E-state index contributed by atoms with van der Waals surface area (Å²) in [5, 5.41) is 5.52. The smallest absolute Gasteiger partial charge is 0.0809 e. The summed E-state index contributed by atoms with van der Waals surface area (Å²) >= 11 is 1.77. The average Bonchev–Trinajstić information content (AvgIpc) is 3.01. The van der Waals surface area contributed by atoms with Gasteiger partial charge in [-0.05, 0) is 42.5 Å². The quantitative estimate of drug-likeness (QED) is 0.874. The van der Waals surface area contributed by atoms with Gasteiger partial charge in [0.1, 0.15) is 0 Å². The Morgan fingerprint density at radius 2 is 2.44 bits per heavy atom. The third-order valence-electron chi connectivity index (χ3n) is 3.34. The van der Waals surface area contributed by atoms with E-state index >= 15 is 0 Å². The molecular formula is C13H16N2S. The first-order valence-electron chi connectivity index (χ1n) is 5.87. The lowest BCUT2D eigenvalue weighted by Gasteiger charge is -2.15. The van der Waals surface area contributed by atoms with Crippen molar-refractivity contribution < 1.29 is 0 Å². The minimum absolute atomic E-state index is 0.478. The minimum atomic E-state index is 0.478. The molecule has 1 unspecified atom stereocenters. The van der Waals surface area contributed by atoms with E-state index in [-0.39, 0.29) is 0 Å². The number of rotatable bonds is 4. The second-order valence-corrected chi connectivity index (χ2v) is 5.54. The number of pyridine rings is 1. The van der Waals surface area contributed by atoms with Gasteiger partial charge in [-0.1, -0.05) is 12.8 Å². The Kier molecular flexibility index (Phi) is 2.65. The van der Waals surface area contributed by atoms with E-state index in [2.05, 4.69) is 27.8 Å². The largest absolute Gasteiger partial charge is 0.313 e. The summed E-state index contributed by atoms with van der Waals surface area (Å²) in [6, 6.07) is 4.85. The summed E-state index contributed by atoms with van der Waals surface area (Å²) in [6.45, 7) is 0. The van der Waals surface area contributed by atoms with Gasteiger partial charge in [0, 0.05) is 12.2 Å². The minimum Gasteiger partial charge on any atom is -0.313 e. The molecule has 0 radical (unpaired) electrons. The van der Waals surface area contributed by atoms with E-state index in [0.717, 1.165) is 11.4 Å². The molecule has 0 amide bonds. The van der Waals surface area contributed by atoms with E-state index in [4.69, 9.17) is 0 Å². The van der Waals surface area contributed by atoms with Crippen LogP contribution in [0.2, 0.25) is 0 Å². The molecule has 3 heteroatoms. The molecular weight excluding hydrogens is 216 g/mol. The first-order chi connectivity index (χ1) is 7.86. The first kappa shape index (κ1) is 10.2. The average molecular weight is 232 g/mol. The third kappa shape index (κ3) is 1.97. The number of nitrogens with one attached hydrogen (secondary N) is 1. The van der Waals surface area contributed by atoms with Crippen LogP contribution in [-0.2, 0) is 0 Å². The lowest BCUT2D eigenvalue weighted by atomic mass is 10.0. The molecule has 0 spiro atoms. The normalized spacial score (nSPS) is 17.8. The monoisotopic (exact) mass is 232 g/mol. The molecule has 1 saturated carbocycles. The molecule has 2 heterocycles. The molecule has 1 atom stereocenters. The predicted molar refractivity (Wildman–Crippen MR) is 68.8 cm³/mol. The maximum atomic E-state index is 4.51. The van der Waals surface area contributed by atoms with E-state index in [1.807, 2.05) is 13.2 Å². The van der Waals surface area contributed by atoms with E-state index in [9.17, 15) is 0 Å². The van der Waals surface area contributed by atoms with Crippen molar-refractivity contribution in [3.8, 4) is 0 Å². The summed E-state index contributed by atoms with van der Waals surface area (Å²) < 4.78 is 1.30. The topological polar surface area (TPSA) is 24.9 Å². The van der Waals surface area contributed by atoms with Gasteiger partial charge in [-0.2, -0.15) is 0 Å². The van der Waals surface area contributed by atoms with E-state index < -0.39 is 0 Å². The van der Waals surface area contributed by atoms with Crippen molar-refractivity contribution in [1.29, 1.82) is 0 Å². The highest BCUT2D eigenvalue weighted by Gasteiger charge is 2.25. The molecule has 2 aromatic heterocycles. The highest BCUT2D eigenvalue weighted by atomic mass is 32.1. The van der Waals surface area contributed by atoms with E-state index in [1.54, 1.807) is 11.3 Å². The van der Waals surface area contributed by atoms with Gasteiger partial charge in [-0.25, -0.2) is 0 Å². The number of fused-ring (bicyclic) bond motifs is 1. The maximum absolute atomic E-state index is 4.51. The molecule has 2 nitrogen and oxygen atoms in total. The van der Waals surface area contributed by atoms with Crippen LogP contribution in [0.4, 0.5) is 0 Å². The van der Waals surface area contributed by atoms with Crippen molar-refractivity contribution in [1.82, 2.24) is 10.3 Å². The number of hydrogen-bond acceptors (Lipinski definition) is 3. The number of thiophene rings is 1. The lowest BCUT2D eigenvalue weighted by Crippen LogP contribution is -2.17. The molecule has 3 rings (SSSR count). The Hall–Kier alpha value is -0.930. The fraction of sp³-hybridized carbons (Fsp3) is 0.462. The van der Waals surface area contributed by atoms with E-state index in [1.165, 1.54) is 29.5 Å². The second-order valence-electron chi connectivity index (χ2n) is 4.59. The van der Waals surface area contributed by atoms with Gasteiger partial charge < -0.3 is 5.32 Å². The van der Waals surface area contributed by atoms with Crippen LogP contribution < -0.4 is 5.32 Å². The zero-order valence-electron chi connectivity index (χ0n) is 9.44. The van der Waals surface area contributed by atoms with Crippen molar-refractivity contribution in [2.45, 2.75) is 25.3 Å². The predicted octanol–water partition coefficient (Wildman–Crippen LogP) is 3.36. The third-order valence-corrected chi connectivity index (χ3v) is 4.19. The van der Waals surface area contributed by atoms with Crippen LogP contribution in [0.25, 0.3) is 10.2 Å². The summed E-state index contributed by atoms with van der Waals surface area (Å²) in [5.41, 5.74) is 2.46. The molecule has 0 aliphatic heterocycles. The highest BCUT2D eigenvalue weighted by Crippen LogP contribution is 2.37. The number of hydrogen-bond donors (Lipinski definition) is 1. The summed E-state index contributed by atoms with van der Waals surface area (Å²) in [5.74, 6) is 0.941. The Morgan fingerprint density at radius 1 is 1.56 bits per heavy atom. The Balaban J connectivity index is 1.89. The van der Waals surface area contributed by atoms with Gasteiger partial charge in [0.2, 0.25) is 0 Å². The zero-order chi connectivity index (χ0) is 11.0. The van der Waals surface area contributed by atoms with Crippen molar-refractivity contribution in [2.24, 2.45) is 5.92 Å². The number of aromatic nitrogens is 1. The van der Waals surface area contributed by atoms with Crippen LogP contribution in [0.3, 0.4) is 0 Å². The molecule has 2 aromatic rings. The van der Waals surface area contributed by atoms with Gasteiger partial charge >= 0.3 is 0 Å². The van der Waals surface area contributed by atoms with Crippen LogP contribution >= 0.6 is 11.3 Å². The molecule has 84 valence electrons. The molecule has 1 aliphatic rings. The lowest BCUT2D eigenvalue weighted by molar-refractivity contribution is 0.514.